The molecular weight excluding hydrogens is 289 g/mol. The molecule has 0 amide bonds. The van der Waals surface area contributed by atoms with Gasteiger partial charge in [0.05, 0.1) is 11.2 Å². The fourth-order valence-corrected chi connectivity index (χ4v) is 2.47. The Morgan fingerprint density at radius 3 is 2.76 bits per heavy atom. The molecule has 2 aromatic carbocycles. The molecule has 106 valence electrons. The molecule has 0 fully saturated rings. The predicted octanol–water partition coefficient (Wildman–Crippen LogP) is 4.30. The zero-order chi connectivity index (χ0) is 14.8. The van der Waals surface area contributed by atoms with Crippen molar-refractivity contribution in [3.8, 4) is 0 Å². The number of aromatic nitrogens is 1. The quantitative estimate of drug-likeness (QED) is 0.782. The summed E-state index contributed by atoms with van der Waals surface area (Å²) in [5.41, 5.74) is 1.71. The van der Waals surface area contributed by atoms with Crippen LogP contribution in [-0.2, 0) is 6.42 Å². The van der Waals surface area contributed by atoms with Gasteiger partial charge in [-0.1, -0.05) is 35.9 Å². The highest BCUT2D eigenvalue weighted by atomic mass is 35.5. The summed E-state index contributed by atoms with van der Waals surface area (Å²) in [6, 6.07) is 15.6. The van der Waals surface area contributed by atoms with Gasteiger partial charge in [0.25, 0.3) is 0 Å². The third kappa shape index (κ3) is 3.04. The van der Waals surface area contributed by atoms with Gasteiger partial charge in [0.15, 0.2) is 0 Å². The summed E-state index contributed by atoms with van der Waals surface area (Å²) < 4.78 is 13.7. The maximum Gasteiger partial charge on any atom is 0.126 e. The van der Waals surface area contributed by atoms with Crippen molar-refractivity contribution in [1.82, 2.24) is 4.98 Å². The standard InChI is InChI=1S/C17H13ClFNO/c18-13-6-7-14(19)12(9-13)10-17(21)16-8-5-11-3-1-2-4-15(11)20-16/h1-9,17,21H,10H2. The lowest BCUT2D eigenvalue weighted by Gasteiger charge is -2.12. The van der Waals surface area contributed by atoms with Crippen LogP contribution >= 0.6 is 11.6 Å². The van der Waals surface area contributed by atoms with E-state index in [-0.39, 0.29) is 12.2 Å². The van der Waals surface area contributed by atoms with Gasteiger partial charge in [-0.3, -0.25) is 4.98 Å². The van der Waals surface area contributed by atoms with Crippen molar-refractivity contribution >= 4 is 22.5 Å². The van der Waals surface area contributed by atoms with Crippen LogP contribution in [0.2, 0.25) is 5.02 Å². The van der Waals surface area contributed by atoms with E-state index in [0.717, 1.165) is 10.9 Å². The van der Waals surface area contributed by atoms with Gasteiger partial charge < -0.3 is 5.11 Å². The van der Waals surface area contributed by atoms with Gasteiger partial charge in [-0.05, 0) is 35.9 Å². The van der Waals surface area contributed by atoms with Gasteiger partial charge in [0.2, 0.25) is 0 Å². The largest absolute Gasteiger partial charge is 0.386 e. The van der Waals surface area contributed by atoms with E-state index in [1.807, 2.05) is 30.3 Å². The molecule has 1 aromatic heterocycles. The second kappa shape index (κ2) is 5.80. The van der Waals surface area contributed by atoms with Crippen molar-refractivity contribution in [3.05, 3.63) is 76.7 Å². The van der Waals surface area contributed by atoms with E-state index in [9.17, 15) is 9.50 Å². The fourth-order valence-electron chi connectivity index (χ4n) is 2.28. The van der Waals surface area contributed by atoms with Gasteiger partial charge in [-0.2, -0.15) is 0 Å². The van der Waals surface area contributed by atoms with E-state index >= 15 is 0 Å². The summed E-state index contributed by atoms with van der Waals surface area (Å²) in [6.07, 6.45) is -0.736. The first-order chi connectivity index (χ1) is 10.1. The van der Waals surface area contributed by atoms with Crippen LogP contribution in [0.4, 0.5) is 4.39 Å². The van der Waals surface area contributed by atoms with Crippen molar-refractivity contribution in [3.63, 3.8) is 0 Å². The lowest BCUT2D eigenvalue weighted by Crippen LogP contribution is -2.05. The minimum absolute atomic E-state index is 0.137. The van der Waals surface area contributed by atoms with Crippen molar-refractivity contribution in [2.45, 2.75) is 12.5 Å². The van der Waals surface area contributed by atoms with Crippen molar-refractivity contribution < 1.29 is 9.50 Å². The van der Waals surface area contributed by atoms with Crippen molar-refractivity contribution in [2.24, 2.45) is 0 Å². The van der Waals surface area contributed by atoms with E-state index in [2.05, 4.69) is 4.98 Å². The van der Waals surface area contributed by atoms with Crippen molar-refractivity contribution in [2.75, 3.05) is 0 Å². The fraction of sp³-hybridized carbons (Fsp3) is 0.118. The molecular formula is C17H13ClFNO. The second-order valence-corrected chi connectivity index (χ2v) is 5.32. The predicted molar refractivity (Wildman–Crippen MR) is 81.8 cm³/mol. The molecule has 0 spiro atoms. The number of rotatable bonds is 3. The molecule has 21 heavy (non-hydrogen) atoms. The molecule has 3 rings (SSSR count). The Balaban J connectivity index is 1.89. The van der Waals surface area contributed by atoms with E-state index in [4.69, 9.17) is 11.6 Å². The Morgan fingerprint density at radius 2 is 1.90 bits per heavy atom. The molecule has 0 aliphatic rings. The molecule has 1 heterocycles. The maximum atomic E-state index is 13.7. The molecule has 0 saturated heterocycles. The summed E-state index contributed by atoms with van der Waals surface area (Å²) in [5, 5.41) is 11.7. The number of hydrogen-bond acceptors (Lipinski definition) is 2. The number of fused-ring (bicyclic) bond motifs is 1. The smallest absolute Gasteiger partial charge is 0.126 e. The van der Waals surface area contributed by atoms with Crippen LogP contribution in [0, 0.1) is 5.82 Å². The Labute approximate surface area is 126 Å². The monoisotopic (exact) mass is 301 g/mol. The highest BCUT2D eigenvalue weighted by molar-refractivity contribution is 6.30. The van der Waals surface area contributed by atoms with E-state index in [1.54, 1.807) is 6.07 Å². The summed E-state index contributed by atoms with van der Waals surface area (Å²) in [6.45, 7) is 0. The molecule has 1 unspecified atom stereocenters. The number of aliphatic hydroxyl groups is 1. The van der Waals surface area contributed by atoms with Gasteiger partial charge in [0.1, 0.15) is 11.9 Å². The zero-order valence-electron chi connectivity index (χ0n) is 11.1. The lowest BCUT2D eigenvalue weighted by molar-refractivity contribution is 0.172. The zero-order valence-corrected chi connectivity index (χ0v) is 11.9. The second-order valence-electron chi connectivity index (χ2n) is 4.88. The minimum atomic E-state index is -0.873. The van der Waals surface area contributed by atoms with Crippen LogP contribution in [0.25, 0.3) is 10.9 Å². The molecule has 0 aliphatic heterocycles. The normalized spacial score (nSPS) is 12.5. The van der Waals surface area contributed by atoms with Crippen molar-refractivity contribution in [1.29, 1.82) is 0 Å². The molecule has 0 radical (unpaired) electrons. The van der Waals surface area contributed by atoms with Crippen LogP contribution in [0.15, 0.2) is 54.6 Å². The Hall–Kier alpha value is -1.97. The average Bonchev–Trinajstić information content (AvgIpc) is 2.50. The van der Waals surface area contributed by atoms with Crippen LogP contribution in [0.3, 0.4) is 0 Å². The number of halogens is 2. The summed E-state index contributed by atoms with van der Waals surface area (Å²) >= 11 is 5.86. The molecule has 1 atom stereocenters. The Bertz CT molecular complexity index is 791. The summed E-state index contributed by atoms with van der Waals surface area (Å²) in [7, 11) is 0. The number of para-hydroxylation sites is 1. The molecule has 0 aliphatic carbocycles. The number of benzene rings is 2. The highest BCUT2D eigenvalue weighted by Gasteiger charge is 2.14. The first-order valence-corrected chi connectivity index (χ1v) is 6.99. The van der Waals surface area contributed by atoms with Crippen LogP contribution in [0.5, 0.6) is 0 Å². The van der Waals surface area contributed by atoms with Crippen LogP contribution in [0.1, 0.15) is 17.4 Å². The number of pyridine rings is 1. The number of hydrogen-bond donors (Lipinski definition) is 1. The third-order valence-electron chi connectivity index (χ3n) is 3.38. The molecule has 0 saturated carbocycles. The summed E-state index contributed by atoms with van der Waals surface area (Å²) in [4.78, 5) is 4.42. The van der Waals surface area contributed by atoms with Crippen LogP contribution < -0.4 is 0 Å². The van der Waals surface area contributed by atoms with Gasteiger partial charge in [-0.15, -0.1) is 0 Å². The molecule has 4 heteroatoms. The summed E-state index contributed by atoms with van der Waals surface area (Å²) in [5.74, 6) is -0.376. The minimum Gasteiger partial charge on any atom is -0.386 e. The third-order valence-corrected chi connectivity index (χ3v) is 3.62. The average molecular weight is 302 g/mol. The molecule has 0 bridgehead atoms. The van der Waals surface area contributed by atoms with E-state index in [1.165, 1.54) is 18.2 Å². The van der Waals surface area contributed by atoms with Gasteiger partial charge in [0, 0.05) is 16.8 Å². The SMILES string of the molecule is OC(Cc1cc(Cl)ccc1F)c1ccc2ccccc2n1. The molecule has 2 nitrogen and oxygen atoms in total. The van der Waals surface area contributed by atoms with E-state index in [0.29, 0.717) is 16.3 Å². The topological polar surface area (TPSA) is 33.1 Å². The number of nitrogens with zero attached hydrogens (tertiary/aromatic N) is 1. The Morgan fingerprint density at radius 1 is 1.10 bits per heavy atom. The maximum absolute atomic E-state index is 13.7. The van der Waals surface area contributed by atoms with Gasteiger partial charge >= 0.3 is 0 Å². The molecule has 1 N–H and O–H groups in total. The van der Waals surface area contributed by atoms with Gasteiger partial charge in [-0.25, -0.2) is 4.39 Å². The Kier molecular flexibility index (Phi) is 3.86. The highest BCUT2D eigenvalue weighted by Crippen LogP contribution is 2.23. The van der Waals surface area contributed by atoms with Crippen LogP contribution in [-0.4, -0.2) is 10.1 Å². The first kappa shape index (κ1) is 14.0. The first-order valence-electron chi connectivity index (χ1n) is 6.61. The molecule has 3 aromatic rings. The number of aliphatic hydroxyl groups excluding tert-OH is 1. The van der Waals surface area contributed by atoms with E-state index < -0.39 is 6.10 Å². The lowest BCUT2D eigenvalue weighted by atomic mass is 10.0.